The Hall–Kier alpha value is -2.58. The monoisotopic (exact) mass is 322 g/mol. The second-order valence-electron chi connectivity index (χ2n) is 5.15. The first kappa shape index (κ1) is 15.3. The number of benzene rings is 3. The van der Waals surface area contributed by atoms with Gasteiger partial charge in [0.25, 0.3) is 5.24 Å². The number of rotatable bonds is 5. The SMILES string of the molecule is O=C(Cl)c1ccc(-c2ccc(OCc3ccccc3)cc2)cc1. The molecule has 0 aliphatic rings. The summed E-state index contributed by atoms with van der Waals surface area (Å²) in [6, 6.07) is 25.2. The van der Waals surface area contributed by atoms with E-state index in [9.17, 15) is 4.79 Å². The highest BCUT2D eigenvalue weighted by Crippen LogP contribution is 2.23. The Bertz CT molecular complexity index is 778. The Labute approximate surface area is 140 Å². The summed E-state index contributed by atoms with van der Waals surface area (Å²) in [6.07, 6.45) is 0. The summed E-state index contributed by atoms with van der Waals surface area (Å²) in [5, 5.41) is -0.443. The van der Waals surface area contributed by atoms with Crippen molar-refractivity contribution in [2.75, 3.05) is 0 Å². The Morgan fingerprint density at radius 1 is 0.783 bits per heavy atom. The molecule has 0 heterocycles. The Morgan fingerprint density at radius 3 is 1.91 bits per heavy atom. The fourth-order valence-electron chi connectivity index (χ4n) is 2.28. The standard InChI is InChI=1S/C20H15ClO2/c21-20(22)18-8-6-16(7-9-18)17-10-12-19(13-11-17)23-14-15-4-2-1-3-5-15/h1-13H,14H2. The van der Waals surface area contributed by atoms with Gasteiger partial charge in [-0.05, 0) is 52.6 Å². The maximum absolute atomic E-state index is 11.1. The van der Waals surface area contributed by atoms with Crippen molar-refractivity contribution < 1.29 is 9.53 Å². The van der Waals surface area contributed by atoms with Gasteiger partial charge >= 0.3 is 0 Å². The molecule has 0 aromatic heterocycles. The molecule has 0 aliphatic carbocycles. The number of carbonyl (C=O) groups is 1. The van der Waals surface area contributed by atoms with Crippen LogP contribution in [0.25, 0.3) is 11.1 Å². The van der Waals surface area contributed by atoms with E-state index in [2.05, 4.69) is 0 Å². The summed E-state index contributed by atoms with van der Waals surface area (Å²) in [5.41, 5.74) is 3.73. The quantitative estimate of drug-likeness (QED) is 0.595. The summed E-state index contributed by atoms with van der Waals surface area (Å²) in [6.45, 7) is 0.548. The van der Waals surface area contributed by atoms with Crippen molar-refractivity contribution in [1.82, 2.24) is 0 Å². The van der Waals surface area contributed by atoms with Gasteiger partial charge in [0, 0.05) is 5.56 Å². The molecule has 0 N–H and O–H groups in total. The van der Waals surface area contributed by atoms with Crippen LogP contribution in [0.2, 0.25) is 0 Å². The minimum absolute atomic E-state index is 0.443. The molecule has 0 saturated heterocycles. The van der Waals surface area contributed by atoms with E-state index in [1.807, 2.05) is 66.7 Å². The van der Waals surface area contributed by atoms with E-state index in [1.165, 1.54) is 0 Å². The number of ether oxygens (including phenoxy) is 1. The number of carbonyl (C=O) groups excluding carboxylic acids is 1. The summed E-state index contributed by atoms with van der Waals surface area (Å²) >= 11 is 5.45. The summed E-state index contributed by atoms with van der Waals surface area (Å²) in [5.74, 6) is 0.824. The summed E-state index contributed by atoms with van der Waals surface area (Å²) in [7, 11) is 0. The van der Waals surface area contributed by atoms with Gasteiger partial charge in [-0.25, -0.2) is 0 Å². The Kier molecular flexibility index (Phi) is 4.74. The summed E-state index contributed by atoms with van der Waals surface area (Å²) in [4.78, 5) is 11.1. The lowest BCUT2D eigenvalue weighted by Gasteiger charge is -2.08. The smallest absolute Gasteiger partial charge is 0.252 e. The third-order valence-electron chi connectivity index (χ3n) is 3.55. The first-order valence-corrected chi connectivity index (χ1v) is 7.67. The molecule has 0 unspecified atom stereocenters. The molecular formula is C20H15ClO2. The van der Waals surface area contributed by atoms with Crippen LogP contribution >= 0.6 is 11.6 Å². The average molecular weight is 323 g/mol. The van der Waals surface area contributed by atoms with Crippen LogP contribution in [-0.2, 0) is 6.61 Å². The fraction of sp³-hybridized carbons (Fsp3) is 0.0500. The van der Waals surface area contributed by atoms with Gasteiger partial charge in [0.15, 0.2) is 0 Å². The largest absolute Gasteiger partial charge is 0.489 e. The lowest BCUT2D eigenvalue weighted by molar-refractivity contribution is 0.108. The van der Waals surface area contributed by atoms with Crippen LogP contribution in [0.1, 0.15) is 15.9 Å². The molecular weight excluding hydrogens is 308 g/mol. The molecule has 3 rings (SSSR count). The van der Waals surface area contributed by atoms with E-state index in [4.69, 9.17) is 16.3 Å². The minimum Gasteiger partial charge on any atom is -0.489 e. The first-order chi connectivity index (χ1) is 11.2. The van der Waals surface area contributed by atoms with Crippen LogP contribution in [0.5, 0.6) is 5.75 Å². The second kappa shape index (κ2) is 7.12. The highest BCUT2D eigenvalue weighted by atomic mass is 35.5. The van der Waals surface area contributed by atoms with Crippen LogP contribution in [-0.4, -0.2) is 5.24 Å². The van der Waals surface area contributed by atoms with E-state index < -0.39 is 5.24 Å². The van der Waals surface area contributed by atoms with Crippen molar-refractivity contribution >= 4 is 16.8 Å². The Balaban J connectivity index is 1.68. The van der Waals surface area contributed by atoms with Gasteiger partial charge in [0.05, 0.1) is 0 Å². The van der Waals surface area contributed by atoms with Crippen molar-refractivity contribution in [3.8, 4) is 16.9 Å². The maximum atomic E-state index is 11.1. The predicted octanol–water partition coefficient (Wildman–Crippen LogP) is 5.31. The predicted molar refractivity (Wildman–Crippen MR) is 92.8 cm³/mol. The number of hydrogen-bond acceptors (Lipinski definition) is 2. The molecule has 0 spiro atoms. The van der Waals surface area contributed by atoms with Crippen LogP contribution in [0.15, 0.2) is 78.9 Å². The molecule has 23 heavy (non-hydrogen) atoms. The third kappa shape index (κ3) is 3.99. The van der Waals surface area contributed by atoms with Crippen LogP contribution < -0.4 is 4.74 Å². The van der Waals surface area contributed by atoms with Crippen molar-refractivity contribution in [2.45, 2.75) is 6.61 Å². The van der Waals surface area contributed by atoms with Gasteiger partial charge in [0.2, 0.25) is 0 Å². The number of halogens is 1. The molecule has 3 aromatic rings. The summed E-state index contributed by atoms with van der Waals surface area (Å²) < 4.78 is 5.77. The average Bonchev–Trinajstić information content (AvgIpc) is 2.61. The third-order valence-corrected chi connectivity index (χ3v) is 3.77. The zero-order valence-corrected chi connectivity index (χ0v) is 13.2. The van der Waals surface area contributed by atoms with E-state index >= 15 is 0 Å². The highest BCUT2D eigenvalue weighted by molar-refractivity contribution is 6.67. The van der Waals surface area contributed by atoms with Crippen LogP contribution in [0.3, 0.4) is 0 Å². The molecule has 3 aromatic carbocycles. The molecule has 0 atom stereocenters. The molecule has 0 saturated carbocycles. The molecule has 0 fully saturated rings. The molecule has 3 heteroatoms. The zero-order valence-electron chi connectivity index (χ0n) is 12.4. The maximum Gasteiger partial charge on any atom is 0.252 e. The topological polar surface area (TPSA) is 26.3 Å². The van der Waals surface area contributed by atoms with Gasteiger partial charge in [-0.3, -0.25) is 4.79 Å². The Morgan fingerprint density at radius 2 is 1.35 bits per heavy atom. The fourth-order valence-corrected chi connectivity index (χ4v) is 2.40. The van der Waals surface area contributed by atoms with E-state index in [-0.39, 0.29) is 0 Å². The van der Waals surface area contributed by atoms with Gasteiger partial charge in [-0.15, -0.1) is 0 Å². The minimum atomic E-state index is -0.443. The lowest BCUT2D eigenvalue weighted by atomic mass is 10.0. The van der Waals surface area contributed by atoms with Gasteiger partial charge in [-0.1, -0.05) is 54.6 Å². The normalized spacial score (nSPS) is 10.3. The highest BCUT2D eigenvalue weighted by Gasteiger charge is 2.03. The van der Waals surface area contributed by atoms with Crippen molar-refractivity contribution in [3.05, 3.63) is 90.0 Å². The second-order valence-corrected chi connectivity index (χ2v) is 5.49. The van der Waals surface area contributed by atoms with Crippen LogP contribution in [0, 0.1) is 0 Å². The lowest BCUT2D eigenvalue weighted by Crippen LogP contribution is -1.94. The van der Waals surface area contributed by atoms with Gasteiger partial charge < -0.3 is 4.74 Å². The van der Waals surface area contributed by atoms with E-state index in [0.717, 1.165) is 22.4 Å². The number of hydrogen-bond donors (Lipinski definition) is 0. The van der Waals surface area contributed by atoms with Gasteiger partial charge in [0.1, 0.15) is 12.4 Å². The van der Waals surface area contributed by atoms with E-state index in [0.29, 0.717) is 12.2 Å². The van der Waals surface area contributed by atoms with Crippen LogP contribution in [0.4, 0.5) is 0 Å². The van der Waals surface area contributed by atoms with Crippen molar-refractivity contribution in [3.63, 3.8) is 0 Å². The zero-order chi connectivity index (χ0) is 16.1. The molecule has 2 nitrogen and oxygen atoms in total. The van der Waals surface area contributed by atoms with Crippen molar-refractivity contribution in [1.29, 1.82) is 0 Å². The molecule has 0 bridgehead atoms. The van der Waals surface area contributed by atoms with E-state index in [1.54, 1.807) is 12.1 Å². The first-order valence-electron chi connectivity index (χ1n) is 7.29. The molecule has 0 radical (unpaired) electrons. The molecule has 0 amide bonds. The molecule has 114 valence electrons. The molecule has 0 aliphatic heterocycles. The van der Waals surface area contributed by atoms with Crippen molar-refractivity contribution in [2.24, 2.45) is 0 Å². The van der Waals surface area contributed by atoms with Gasteiger partial charge in [-0.2, -0.15) is 0 Å².